The van der Waals surface area contributed by atoms with Gasteiger partial charge >= 0.3 is 0 Å². The van der Waals surface area contributed by atoms with Crippen LogP contribution in [0.25, 0.3) is 0 Å². The van der Waals surface area contributed by atoms with Gasteiger partial charge in [0.15, 0.2) is 0 Å². The molecule has 1 saturated heterocycles. The van der Waals surface area contributed by atoms with Gasteiger partial charge in [-0.3, -0.25) is 9.59 Å². The first-order chi connectivity index (χ1) is 14.0. The van der Waals surface area contributed by atoms with Crippen molar-refractivity contribution in [2.75, 3.05) is 16.8 Å². The number of carbonyl (C=O) groups is 2. The molecule has 148 valence electrons. The number of nitrogens with one attached hydrogen (secondary N) is 1. The number of amides is 2. The van der Waals surface area contributed by atoms with Crippen molar-refractivity contribution >= 4 is 34.8 Å². The summed E-state index contributed by atoms with van der Waals surface area (Å²) in [6.45, 7) is 0.803. The van der Waals surface area contributed by atoms with Crippen molar-refractivity contribution in [1.29, 1.82) is 0 Å². The Balaban J connectivity index is 1.38. The lowest BCUT2D eigenvalue weighted by Crippen LogP contribution is -2.28. The fourth-order valence-electron chi connectivity index (χ4n) is 3.22. The monoisotopic (exact) mass is 413 g/mol. The number of hydrogen-bond donors (Lipinski definition) is 1. The second kappa shape index (κ2) is 8.00. The van der Waals surface area contributed by atoms with E-state index in [1.807, 2.05) is 12.1 Å². The Morgan fingerprint density at radius 1 is 1.24 bits per heavy atom. The van der Waals surface area contributed by atoms with Gasteiger partial charge in [0.2, 0.25) is 11.8 Å². The first-order valence-corrected chi connectivity index (χ1v) is 9.35. The number of anilines is 2. The number of carbonyl (C=O) groups excluding carboxylic acids is 2. The standard InChI is InChI=1S/C20H17ClFN5O2/c21-17-8-16(5-6-18(17)22)27-10-14(7-19(27)28)20(29)25-15-3-1-13(2-4-15)9-26-12-23-11-24-26/h1-6,8,11-12,14H,7,9-10H2,(H,25,29)/t14-/m0/s1. The van der Waals surface area contributed by atoms with Crippen LogP contribution in [0, 0.1) is 11.7 Å². The van der Waals surface area contributed by atoms with Gasteiger partial charge in [0, 0.05) is 24.3 Å². The van der Waals surface area contributed by atoms with Crippen molar-refractivity contribution < 1.29 is 14.0 Å². The smallest absolute Gasteiger partial charge is 0.229 e. The van der Waals surface area contributed by atoms with Gasteiger partial charge in [0.1, 0.15) is 18.5 Å². The summed E-state index contributed by atoms with van der Waals surface area (Å²) in [5, 5.41) is 6.84. The fraction of sp³-hybridized carbons (Fsp3) is 0.200. The molecule has 0 saturated carbocycles. The van der Waals surface area contributed by atoms with Crippen molar-refractivity contribution in [3.63, 3.8) is 0 Å². The topological polar surface area (TPSA) is 80.1 Å². The van der Waals surface area contributed by atoms with Crippen LogP contribution < -0.4 is 10.2 Å². The number of halogens is 2. The van der Waals surface area contributed by atoms with E-state index in [0.717, 1.165) is 5.56 Å². The highest BCUT2D eigenvalue weighted by Crippen LogP contribution is 2.29. The Bertz CT molecular complexity index is 1040. The molecule has 7 nitrogen and oxygen atoms in total. The number of nitrogens with zero attached hydrogens (tertiary/aromatic N) is 4. The largest absolute Gasteiger partial charge is 0.326 e. The minimum absolute atomic E-state index is 0.0609. The summed E-state index contributed by atoms with van der Waals surface area (Å²) in [6, 6.07) is 11.5. The minimum atomic E-state index is -0.552. The fourth-order valence-corrected chi connectivity index (χ4v) is 3.40. The summed E-state index contributed by atoms with van der Waals surface area (Å²) in [4.78, 5) is 30.3. The summed E-state index contributed by atoms with van der Waals surface area (Å²) < 4.78 is 15.1. The molecule has 9 heteroatoms. The van der Waals surface area contributed by atoms with Crippen LogP contribution in [-0.4, -0.2) is 33.1 Å². The van der Waals surface area contributed by atoms with E-state index in [0.29, 0.717) is 17.9 Å². The summed E-state index contributed by atoms with van der Waals surface area (Å²) in [6.07, 6.45) is 3.19. The maximum absolute atomic E-state index is 13.4. The SMILES string of the molecule is O=C(Nc1ccc(Cn2cncn2)cc1)[C@H]1CC(=O)N(c2ccc(F)c(Cl)c2)C1. The molecular formula is C20H17ClFN5O2. The van der Waals surface area contributed by atoms with Crippen LogP contribution in [0.15, 0.2) is 55.1 Å². The molecule has 1 N–H and O–H groups in total. The summed E-state index contributed by atoms with van der Waals surface area (Å²) in [5.41, 5.74) is 2.14. The molecule has 1 fully saturated rings. The molecule has 29 heavy (non-hydrogen) atoms. The van der Waals surface area contributed by atoms with E-state index in [2.05, 4.69) is 15.4 Å². The molecule has 2 amide bonds. The highest BCUT2D eigenvalue weighted by Gasteiger charge is 2.35. The predicted molar refractivity (Wildman–Crippen MR) is 106 cm³/mol. The molecule has 0 spiro atoms. The number of benzene rings is 2. The molecule has 1 aliphatic rings. The zero-order valence-corrected chi connectivity index (χ0v) is 16.0. The van der Waals surface area contributed by atoms with Crippen LogP contribution in [0.5, 0.6) is 0 Å². The summed E-state index contributed by atoms with van der Waals surface area (Å²) >= 11 is 5.80. The zero-order chi connectivity index (χ0) is 20.4. The molecule has 2 aromatic carbocycles. The number of aromatic nitrogens is 3. The first kappa shape index (κ1) is 19.1. The van der Waals surface area contributed by atoms with Gasteiger partial charge < -0.3 is 10.2 Å². The van der Waals surface area contributed by atoms with E-state index < -0.39 is 11.7 Å². The Morgan fingerprint density at radius 2 is 2.03 bits per heavy atom. The van der Waals surface area contributed by atoms with Crippen LogP contribution >= 0.6 is 11.6 Å². The maximum atomic E-state index is 13.4. The molecule has 3 aromatic rings. The maximum Gasteiger partial charge on any atom is 0.229 e. The van der Waals surface area contributed by atoms with Crippen molar-refractivity contribution in [2.45, 2.75) is 13.0 Å². The molecule has 2 heterocycles. The lowest BCUT2D eigenvalue weighted by molar-refractivity contribution is -0.122. The van der Waals surface area contributed by atoms with Gasteiger partial charge in [0.25, 0.3) is 0 Å². The van der Waals surface area contributed by atoms with Gasteiger partial charge in [-0.1, -0.05) is 23.7 Å². The second-order valence-corrected chi connectivity index (χ2v) is 7.19. The predicted octanol–water partition coefficient (Wildman–Crippen LogP) is 3.11. The summed E-state index contributed by atoms with van der Waals surface area (Å²) in [5.74, 6) is -1.49. The normalized spacial score (nSPS) is 16.3. The molecule has 1 aliphatic heterocycles. The number of rotatable bonds is 5. The van der Waals surface area contributed by atoms with E-state index >= 15 is 0 Å². The molecule has 1 aromatic heterocycles. The van der Waals surface area contributed by atoms with Crippen molar-refractivity contribution in [3.05, 3.63) is 71.5 Å². The molecular weight excluding hydrogens is 397 g/mol. The molecule has 4 rings (SSSR count). The lowest BCUT2D eigenvalue weighted by Gasteiger charge is -2.17. The lowest BCUT2D eigenvalue weighted by atomic mass is 10.1. The van der Waals surface area contributed by atoms with Crippen LogP contribution in [-0.2, 0) is 16.1 Å². The first-order valence-electron chi connectivity index (χ1n) is 8.97. The van der Waals surface area contributed by atoms with E-state index in [4.69, 9.17) is 11.6 Å². The van der Waals surface area contributed by atoms with Crippen molar-refractivity contribution in [3.8, 4) is 0 Å². The zero-order valence-electron chi connectivity index (χ0n) is 15.3. The Kier molecular flexibility index (Phi) is 5.26. The molecule has 0 radical (unpaired) electrons. The van der Waals surface area contributed by atoms with Gasteiger partial charge in [-0.05, 0) is 35.9 Å². The van der Waals surface area contributed by atoms with Crippen LogP contribution in [0.2, 0.25) is 5.02 Å². The quantitative estimate of drug-likeness (QED) is 0.697. The summed E-state index contributed by atoms with van der Waals surface area (Å²) in [7, 11) is 0. The second-order valence-electron chi connectivity index (χ2n) is 6.78. The van der Waals surface area contributed by atoms with Gasteiger partial charge in [0.05, 0.1) is 17.5 Å². The highest BCUT2D eigenvalue weighted by molar-refractivity contribution is 6.31. The third-order valence-corrected chi connectivity index (χ3v) is 5.03. The van der Waals surface area contributed by atoms with E-state index in [1.165, 1.54) is 29.4 Å². The molecule has 0 unspecified atom stereocenters. The minimum Gasteiger partial charge on any atom is -0.326 e. The Morgan fingerprint density at radius 3 is 2.72 bits per heavy atom. The third-order valence-electron chi connectivity index (χ3n) is 4.74. The van der Waals surface area contributed by atoms with Gasteiger partial charge in [-0.25, -0.2) is 14.1 Å². The molecule has 1 atom stereocenters. The van der Waals surface area contributed by atoms with E-state index in [-0.39, 0.29) is 29.8 Å². The van der Waals surface area contributed by atoms with Crippen molar-refractivity contribution in [1.82, 2.24) is 14.8 Å². The Hall–Kier alpha value is -3.26. The highest BCUT2D eigenvalue weighted by atomic mass is 35.5. The van der Waals surface area contributed by atoms with Crippen LogP contribution in [0.3, 0.4) is 0 Å². The van der Waals surface area contributed by atoms with Crippen molar-refractivity contribution in [2.24, 2.45) is 5.92 Å². The van der Waals surface area contributed by atoms with Crippen LogP contribution in [0.1, 0.15) is 12.0 Å². The average Bonchev–Trinajstić information content (AvgIpc) is 3.35. The van der Waals surface area contributed by atoms with E-state index in [9.17, 15) is 14.0 Å². The number of hydrogen-bond acceptors (Lipinski definition) is 4. The van der Waals surface area contributed by atoms with Gasteiger partial charge in [-0.15, -0.1) is 0 Å². The Labute approximate surface area is 171 Å². The average molecular weight is 414 g/mol. The van der Waals surface area contributed by atoms with Gasteiger partial charge in [-0.2, -0.15) is 5.10 Å². The molecule has 0 bridgehead atoms. The van der Waals surface area contributed by atoms with E-state index in [1.54, 1.807) is 23.1 Å². The third kappa shape index (κ3) is 4.27. The molecule has 0 aliphatic carbocycles. The van der Waals surface area contributed by atoms with Crippen LogP contribution in [0.4, 0.5) is 15.8 Å².